The molecule has 2 aromatic rings. The molecular weight excluding hydrogens is 268 g/mol. The predicted octanol–water partition coefficient (Wildman–Crippen LogP) is 3.25. The molecule has 0 amide bonds. The first kappa shape index (κ1) is 14.7. The number of hydrogen-bond donors (Lipinski definition) is 1. The van der Waals surface area contributed by atoms with Gasteiger partial charge < -0.3 is 14.6 Å². The second-order valence-corrected chi connectivity index (χ2v) is 4.33. The number of esters is 1. The molecule has 2 aromatic carbocycles. The number of methoxy groups -OCH3 is 2. The molecule has 4 heteroatoms. The van der Waals surface area contributed by atoms with Crippen molar-refractivity contribution < 1.29 is 19.4 Å². The summed E-state index contributed by atoms with van der Waals surface area (Å²) >= 11 is 0. The van der Waals surface area contributed by atoms with E-state index in [-0.39, 0.29) is 5.75 Å². The highest BCUT2D eigenvalue weighted by Gasteiger charge is 2.09. The summed E-state index contributed by atoms with van der Waals surface area (Å²) in [5, 5.41) is 9.99. The summed E-state index contributed by atoms with van der Waals surface area (Å²) in [5.41, 5.74) is 2.24. The van der Waals surface area contributed by atoms with E-state index in [4.69, 9.17) is 4.74 Å². The van der Waals surface area contributed by atoms with Gasteiger partial charge in [-0.15, -0.1) is 0 Å². The van der Waals surface area contributed by atoms with E-state index in [0.29, 0.717) is 11.3 Å². The van der Waals surface area contributed by atoms with Crippen LogP contribution in [0, 0.1) is 0 Å². The number of carbonyl (C=O) groups excluding carboxylic acids is 1. The van der Waals surface area contributed by atoms with Crippen molar-refractivity contribution in [2.75, 3.05) is 14.2 Å². The average molecular weight is 284 g/mol. The first-order valence-electron chi connectivity index (χ1n) is 6.38. The average Bonchev–Trinajstić information content (AvgIpc) is 2.53. The van der Waals surface area contributed by atoms with E-state index in [0.717, 1.165) is 11.1 Å². The van der Waals surface area contributed by atoms with Crippen LogP contribution in [-0.4, -0.2) is 25.3 Å². The zero-order valence-corrected chi connectivity index (χ0v) is 11.9. The maximum atomic E-state index is 11.3. The number of hydrogen-bond acceptors (Lipinski definition) is 4. The van der Waals surface area contributed by atoms with Gasteiger partial charge in [-0.2, -0.15) is 0 Å². The first-order chi connectivity index (χ1) is 10.2. The van der Waals surface area contributed by atoms with Gasteiger partial charge >= 0.3 is 5.97 Å². The smallest absolute Gasteiger partial charge is 0.330 e. The van der Waals surface area contributed by atoms with Crippen LogP contribution in [0.15, 0.2) is 48.5 Å². The molecule has 0 fully saturated rings. The summed E-state index contributed by atoms with van der Waals surface area (Å²) in [6.07, 6.45) is 2.97. The Hall–Kier alpha value is -2.75. The Kier molecular flexibility index (Phi) is 4.61. The summed E-state index contributed by atoms with van der Waals surface area (Å²) in [4.78, 5) is 11.3. The number of benzene rings is 2. The van der Waals surface area contributed by atoms with Crippen LogP contribution >= 0.6 is 0 Å². The van der Waals surface area contributed by atoms with Crippen molar-refractivity contribution in [3.8, 4) is 22.6 Å². The molecule has 0 saturated heterocycles. The summed E-state index contributed by atoms with van der Waals surface area (Å²) in [5.74, 6) is 0.398. The van der Waals surface area contributed by atoms with Crippen molar-refractivity contribution in [3.63, 3.8) is 0 Å². The third-order valence-corrected chi connectivity index (χ3v) is 3.05. The summed E-state index contributed by atoms with van der Waals surface area (Å²) in [6.45, 7) is 0. The molecule has 4 nitrogen and oxygen atoms in total. The van der Waals surface area contributed by atoms with E-state index in [1.54, 1.807) is 37.5 Å². The van der Waals surface area contributed by atoms with E-state index in [2.05, 4.69) is 4.74 Å². The number of para-hydroxylation sites is 1. The lowest BCUT2D eigenvalue weighted by Crippen LogP contribution is -1.94. The maximum absolute atomic E-state index is 11.3. The van der Waals surface area contributed by atoms with E-state index < -0.39 is 5.97 Å². The van der Waals surface area contributed by atoms with Gasteiger partial charge in [-0.1, -0.05) is 18.2 Å². The minimum Gasteiger partial charge on any atom is -0.507 e. The molecule has 0 aromatic heterocycles. The molecular formula is C17H16O4. The number of phenols is 1. The Labute approximate surface area is 123 Å². The fourth-order valence-electron chi connectivity index (χ4n) is 1.98. The summed E-state index contributed by atoms with van der Waals surface area (Å²) in [6, 6.07) is 12.5. The molecule has 0 bridgehead atoms. The van der Waals surface area contributed by atoms with E-state index >= 15 is 0 Å². The van der Waals surface area contributed by atoms with Crippen molar-refractivity contribution >= 4 is 12.0 Å². The Bertz CT molecular complexity index is 674. The highest BCUT2D eigenvalue weighted by Crippen LogP contribution is 2.33. The van der Waals surface area contributed by atoms with Gasteiger partial charge in [0.2, 0.25) is 0 Å². The van der Waals surface area contributed by atoms with Crippen LogP contribution in [0.3, 0.4) is 0 Å². The van der Waals surface area contributed by atoms with Crippen LogP contribution in [0.1, 0.15) is 5.56 Å². The van der Waals surface area contributed by atoms with Crippen LogP contribution < -0.4 is 4.74 Å². The molecule has 2 rings (SSSR count). The van der Waals surface area contributed by atoms with Crippen molar-refractivity contribution in [3.05, 3.63) is 54.1 Å². The SMILES string of the molecule is COC(=O)/C=C/c1cc(OC)ccc1-c1ccccc1O. The van der Waals surface area contributed by atoms with Gasteiger partial charge in [0.15, 0.2) is 0 Å². The standard InChI is InChI=1S/C17H16O4/c1-20-13-8-9-14(15-5-3-4-6-16(15)18)12(11-13)7-10-17(19)21-2/h3-11,18H,1-2H3/b10-7+. The molecule has 0 heterocycles. The summed E-state index contributed by atoms with van der Waals surface area (Å²) < 4.78 is 9.79. The molecule has 0 saturated carbocycles. The van der Waals surface area contributed by atoms with Gasteiger partial charge in [0, 0.05) is 11.6 Å². The van der Waals surface area contributed by atoms with Gasteiger partial charge in [-0.25, -0.2) is 4.79 Å². The number of carbonyl (C=O) groups is 1. The number of rotatable bonds is 4. The molecule has 0 aliphatic carbocycles. The maximum Gasteiger partial charge on any atom is 0.330 e. The quantitative estimate of drug-likeness (QED) is 0.691. The minimum absolute atomic E-state index is 0.176. The Morgan fingerprint density at radius 1 is 1.10 bits per heavy atom. The minimum atomic E-state index is -0.443. The lowest BCUT2D eigenvalue weighted by molar-refractivity contribution is -0.134. The Morgan fingerprint density at radius 3 is 2.52 bits per heavy atom. The second-order valence-electron chi connectivity index (χ2n) is 4.33. The molecule has 0 unspecified atom stereocenters. The molecule has 0 aliphatic rings. The molecule has 108 valence electrons. The van der Waals surface area contributed by atoms with Crippen molar-refractivity contribution in [2.24, 2.45) is 0 Å². The third-order valence-electron chi connectivity index (χ3n) is 3.05. The molecule has 1 N–H and O–H groups in total. The highest BCUT2D eigenvalue weighted by atomic mass is 16.5. The van der Waals surface area contributed by atoms with Gasteiger partial charge in [-0.3, -0.25) is 0 Å². The number of ether oxygens (including phenoxy) is 2. The molecule has 0 radical (unpaired) electrons. The third kappa shape index (κ3) is 3.42. The van der Waals surface area contributed by atoms with Crippen LogP contribution in [0.2, 0.25) is 0 Å². The zero-order chi connectivity index (χ0) is 15.2. The largest absolute Gasteiger partial charge is 0.507 e. The lowest BCUT2D eigenvalue weighted by atomic mass is 9.98. The van der Waals surface area contributed by atoms with Gasteiger partial charge in [0.25, 0.3) is 0 Å². The van der Waals surface area contributed by atoms with Gasteiger partial charge in [0.05, 0.1) is 14.2 Å². The molecule has 0 spiro atoms. The monoisotopic (exact) mass is 284 g/mol. The number of phenolic OH excluding ortho intramolecular Hbond substituents is 1. The lowest BCUT2D eigenvalue weighted by Gasteiger charge is -2.10. The van der Waals surface area contributed by atoms with Gasteiger partial charge in [-0.05, 0) is 41.5 Å². The van der Waals surface area contributed by atoms with E-state index in [1.807, 2.05) is 18.2 Å². The first-order valence-corrected chi connectivity index (χ1v) is 6.38. The fraction of sp³-hybridized carbons (Fsp3) is 0.118. The van der Waals surface area contributed by atoms with Crippen LogP contribution in [0.4, 0.5) is 0 Å². The Morgan fingerprint density at radius 2 is 1.86 bits per heavy atom. The highest BCUT2D eigenvalue weighted by molar-refractivity contribution is 5.90. The van der Waals surface area contributed by atoms with Crippen molar-refractivity contribution in [1.29, 1.82) is 0 Å². The second kappa shape index (κ2) is 6.61. The molecule has 21 heavy (non-hydrogen) atoms. The topological polar surface area (TPSA) is 55.8 Å². The van der Waals surface area contributed by atoms with Crippen LogP contribution in [0.25, 0.3) is 17.2 Å². The van der Waals surface area contributed by atoms with Crippen LogP contribution in [-0.2, 0) is 9.53 Å². The fourth-order valence-corrected chi connectivity index (χ4v) is 1.98. The predicted molar refractivity (Wildman–Crippen MR) is 81.1 cm³/mol. The molecule has 0 atom stereocenters. The van der Waals surface area contributed by atoms with Crippen molar-refractivity contribution in [1.82, 2.24) is 0 Å². The summed E-state index contributed by atoms with van der Waals surface area (Å²) in [7, 11) is 2.89. The number of aromatic hydroxyl groups is 1. The zero-order valence-electron chi connectivity index (χ0n) is 11.9. The molecule has 0 aliphatic heterocycles. The normalized spacial score (nSPS) is 10.6. The van der Waals surface area contributed by atoms with E-state index in [9.17, 15) is 9.90 Å². The van der Waals surface area contributed by atoms with E-state index in [1.165, 1.54) is 13.2 Å². The Balaban J connectivity index is 2.53. The van der Waals surface area contributed by atoms with Crippen LogP contribution in [0.5, 0.6) is 11.5 Å². The van der Waals surface area contributed by atoms with Crippen molar-refractivity contribution in [2.45, 2.75) is 0 Å². The van der Waals surface area contributed by atoms with Gasteiger partial charge in [0.1, 0.15) is 11.5 Å².